The Bertz CT molecular complexity index is 3730. The lowest BCUT2D eigenvalue weighted by Gasteiger charge is -2.35. The van der Waals surface area contributed by atoms with E-state index in [9.17, 15) is 0 Å². The fourth-order valence-corrected chi connectivity index (χ4v) is 12.0. The van der Waals surface area contributed by atoms with Gasteiger partial charge in [0, 0.05) is 33.5 Å². The SMILES string of the molecule is CCCCc1ccc(-c2ccc(C3(c4ccc(N(c5ccc(N(c6ccc(CCCC)cc6)c6cccc7ccccc67)cc5)c5cccc6ccccc56)cc4)c4cc(C)ccc4-c4ccc(C)cc43)cc2)cc1. The Morgan fingerprint density at radius 1 is 0.347 bits per heavy atom. The number of rotatable bonds is 15. The number of hydrogen-bond acceptors (Lipinski definition) is 2. The second-order valence-corrected chi connectivity index (χ2v) is 20.7. The highest BCUT2D eigenvalue weighted by molar-refractivity contribution is 6.01. The zero-order valence-electron chi connectivity index (χ0n) is 43.7. The lowest BCUT2D eigenvalue weighted by atomic mass is 9.67. The Hall–Kier alpha value is -8.46. The van der Waals surface area contributed by atoms with Crippen molar-refractivity contribution in [1.82, 2.24) is 0 Å². The monoisotopic (exact) mass is 969 g/mol. The molecule has 12 rings (SSSR count). The smallest absolute Gasteiger partial charge is 0.0713 e. The molecule has 0 saturated heterocycles. The quantitative estimate of drug-likeness (QED) is 0.101. The maximum absolute atomic E-state index is 2.44. The number of hydrogen-bond donors (Lipinski definition) is 0. The third-order valence-corrected chi connectivity index (χ3v) is 15.8. The highest BCUT2D eigenvalue weighted by Gasteiger charge is 2.46. The van der Waals surface area contributed by atoms with E-state index in [1.807, 2.05) is 0 Å². The van der Waals surface area contributed by atoms with E-state index in [1.165, 1.54) is 114 Å². The van der Waals surface area contributed by atoms with Crippen LogP contribution in [0.4, 0.5) is 34.1 Å². The molecule has 0 atom stereocenters. The number of fused-ring (bicyclic) bond motifs is 5. The van der Waals surface area contributed by atoms with Gasteiger partial charge in [-0.05, 0) is 167 Å². The van der Waals surface area contributed by atoms with Crippen molar-refractivity contribution < 1.29 is 0 Å². The van der Waals surface area contributed by atoms with Crippen LogP contribution >= 0.6 is 0 Å². The number of aryl methyl sites for hydroxylation is 4. The Morgan fingerprint density at radius 3 is 1.15 bits per heavy atom. The summed E-state index contributed by atoms with van der Waals surface area (Å²) in [5, 5.41) is 4.84. The van der Waals surface area contributed by atoms with Crippen LogP contribution in [0.3, 0.4) is 0 Å². The van der Waals surface area contributed by atoms with Gasteiger partial charge in [-0.2, -0.15) is 0 Å². The van der Waals surface area contributed by atoms with Gasteiger partial charge in [0.05, 0.1) is 16.8 Å². The average molecular weight is 969 g/mol. The molecule has 0 aromatic heterocycles. The molecule has 0 radical (unpaired) electrons. The van der Waals surface area contributed by atoms with Gasteiger partial charge in [0.15, 0.2) is 0 Å². The van der Waals surface area contributed by atoms with Crippen molar-refractivity contribution in [2.45, 2.75) is 71.6 Å². The van der Waals surface area contributed by atoms with Gasteiger partial charge >= 0.3 is 0 Å². The predicted molar refractivity (Wildman–Crippen MR) is 320 cm³/mol. The van der Waals surface area contributed by atoms with Crippen molar-refractivity contribution in [3.63, 3.8) is 0 Å². The minimum absolute atomic E-state index is 0.547. The number of unbranched alkanes of at least 4 members (excludes halogenated alkanes) is 2. The van der Waals surface area contributed by atoms with Crippen LogP contribution in [0.25, 0.3) is 43.8 Å². The standard InChI is InChI=1S/C73H64N2/c1-5-7-15-53-27-31-55(32-28-53)56-33-35-59(36-34-56)73(69-49-51(3)25-47-67(69)68-48-26-52(4)50-70(68)73)60-37-41-62(42-38-60)75(72-24-14-20-58-18-10-12-22-66(58)72)64-45-43-63(44-46-64)74(61-39-29-54(30-40-61)16-8-6-2)71-23-13-19-57-17-9-11-21-65(57)71/h9-14,17-50H,5-8,15-16H2,1-4H3. The van der Waals surface area contributed by atoms with E-state index in [1.54, 1.807) is 0 Å². The van der Waals surface area contributed by atoms with Gasteiger partial charge in [-0.1, -0.05) is 220 Å². The molecule has 0 heterocycles. The molecule has 0 fully saturated rings. The van der Waals surface area contributed by atoms with Gasteiger partial charge in [0.25, 0.3) is 0 Å². The molecule has 0 spiro atoms. The van der Waals surface area contributed by atoms with E-state index < -0.39 is 5.41 Å². The fourth-order valence-electron chi connectivity index (χ4n) is 12.0. The molecule has 0 unspecified atom stereocenters. The van der Waals surface area contributed by atoms with Gasteiger partial charge in [-0.15, -0.1) is 0 Å². The molecule has 75 heavy (non-hydrogen) atoms. The topological polar surface area (TPSA) is 6.48 Å². The van der Waals surface area contributed by atoms with Gasteiger partial charge in [-0.25, -0.2) is 0 Å². The van der Waals surface area contributed by atoms with Crippen LogP contribution in [-0.2, 0) is 18.3 Å². The molecular weight excluding hydrogens is 905 g/mol. The molecule has 2 heteroatoms. The molecular formula is C73H64N2. The summed E-state index contributed by atoms with van der Waals surface area (Å²) in [7, 11) is 0. The molecule has 0 aliphatic heterocycles. The molecule has 1 aliphatic rings. The molecule has 11 aromatic rings. The van der Waals surface area contributed by atoms with E-state index in [2.05, 4.69) is 280 Å². The minimum atomic E-state index is -0.547. The normalized spacial score (nSPS) is 12.4. The van der Waals surface area contributed by atoms with E-state index in [4.69, 9.17) is 0 Å². The molecule has 0 N–H and O–H groups in total. The summed E-state index contributed by atoms with van der Waals surface area (Å²) in [5.74, 6) is 0. The third kappa shape index (κ3) is 8.79. The first-order valence-electron chi connectivity index (χ1n) is 27.2. The van der Waals surface area contributed by atoms with Gasteiger partial charge < -0.3 is 9.80 Å². The fraction of sp³-hybridized carbons (Fsp3) is 0.151. The number of benzene rings is 11. The van der Waals surface area contributed by atoms with Crippen molar-refractivity contribution in [3.8, 4) is 22.3 Å². The van der Waals surface area contributed by atoms with Gasteiger partial charge in [0.1, 0.15) is 0 Å². The Morgan fingerprint density at radius 2 is 0.707 bits per heavy atom. The summed E-state index contributed by atoms with van der Waals surface area (Å²) in [5.41, 5.74) is 21.7. The summed E-state index contributed by atoms with van der Waals surface area (Å²) in [4.78, 5) is 4.87. The highest BCUT2D eigenvalue weighted by atomic mass is 15.2. The van der Waals surface area contributed by atoms with Crippen LogP contribution in [0.5, 0.6) is 0 Å². The molecule has 0 saturated carbocycles. The molecule has 366 valence electrons. The third-order valence-electron chi connectivity index (χ3n) is 15.8. The zero-order valence-corrected chi connectivity index (χ0v) is 43.7. The lowest BCUT2D eigenvalue weighted by molar-refractivity contribution is 0.766. The maximum atomic E-state index is 2.44. The van der Waals surface area contributed by atoms with Crippen LogP contribution in [0.15, 0.2) is 243 Å². The molecule has 1 aliphatic carbocycles. The summed E-state index contributed by atoms with van der Waals surface area (Å²) < 4.78 is 0. The largest absolute Gasteiger partial charge is 0.310 e. The van der Waals surface area contributed by atoms with Crippen LogP contribution in [0, 0.1) is 13.8 Å². The van der Waals surface area contributed by atoms with Crippen molar-refractivity contribution >= 4 is 55.7 Å². The van der Waals surface area contributed by atoms with Gasteiger partial charge in [0.2, 0.25) is 0 Å². The first-order valence-corrected chi connectivity index (χ1v) is 27.2. The first-order chi connectivity index (χ1) is 36.9. The molecule has 11 aromatic carbocycles. The van der Waals surface area contributed by atoms with Gasteiger partial charge in [-0.3, -0.25) is 0 Å². The van der Waals surface area contributed by atoms with Crippen molar-refractivity contribution in [1.29, 1.82) is 0 Å². The highest BCUT2D eigenvalue weighted by Crippen LogP contribution is 2.57. The zero-order chi connectivity index (χ0) is 50.9. The minimum Gasteiger partial charge on any atom is -0.310 e. The summed E-state index contributed by atoms with van der Waals surface area (Å²) in [6.07, 6.45) is 7.01. The van der Waals surface area contributed by atoms with Crippen molar-refractivity contribution in [2.24, 2.45) is 0 Å². The molecule has 0 bridgehead atoms. The Kier molecular flexibility index (Phi) is 13.0. The van der Waals surface area contributed by atoms with Crippen molar-refractivity contribution in [2.75, 3.05) is 9.80 Å². The van der Waals surface area contributed by atoms with Crippen LogP contribution < -0.4 is 9.80 Å². The Labute approximate surface area is 444 Å². The van der Waals surface area contributed by atoms with E-state index in [-0.39, 0.29) is 0 Å². The van der Waals surface area contributed by atoms with E-state index in [0.717, 1.165) is 47.0 Å². The maximum Gasteiger partial charge on any atom is 0.0713 e. The van der Waals surface area contributed by atoms with Crippen LogP contribution in [0.1, 0.15) is 84.0 Å². The summed E-state index contributed by atoms with van der Waals surface area (Å²) in [6.45, 7) is 8.98. The molecule has 2 nitrogen and oxygen atoms in total. The number of nitrogens with zero attached hydrogens (tertiary/aromatic N) is 2. The van der Waals surface area contributed by atoms with Crippen LogP contribution in [-0.4, -0.2) is 0 Å². The van der Waals surface area contributed by atoms with Crippen molar-refractivity contribution in [3.05, 3.63) is 287 Å². The second kappa shape index (κ2) is 20.5. The Balaban J connectivity index is 0.992. The summed E-state index contributed by atoms with van der Waals surface area (Å²) in [6, 6.07) is 91.5. The molecule has 0 amide bonds. The van der Waals surface area contributed by atoms with E-state index in [0.29, 0.717) is 0 Å². The van der Waals surface area contributed by atoms with E-state index >= 15 is 0 Å². The summed E-state index contributed by atoms with van der Waals surface area (Å²) >= 11 is 0. The average Bonchev–Trinajstić information content (AvgIpc) is 3.85. The second-order valence-electron chi connectivity index (χ2n) is 20.7. The lowest BCUT2D eigenvalue weighted by Crippen LogP contribution is -2.29. The number of anilines is 6. The first kappa shape index (κ1) is 47.5. The van der Waals surface area contributed by atoms with Crippen LogP contribution in [0.2, 0.25) is 0 Å². The predicted octanol–water partition coefficient (Wildman–Crippen LogP) is 20.3.